The predicted molar refractivity (Wildman–Crippen MR) is 48.8 cm³/mol. The molecule has 0 radical (unpaired) electrons. The molecule has 0 spiro atoms. The molecule has 0 aromatic heterocycles. The lowest BCUT2D eigenvalue weighted by Gasteiger charge is -2.32. The molecule has 0 heterocycles. The van der Waals surface area contributed by atoms with E-state index in [1.54, 1.807) is 6.92 Å². The summed E-state index contributed by atoms with van der Waals surface area (Å²) in [5.41, 5.74) is -0.642. The Labute approximate surface area is 79.0 Å². The molecule has 1 fully saturated rings. The smallest absolute Gasteiger partial charge is 0.264 e. The summed E-state index contributed by atoms with van der Waals surface area (Å²) in [5.74, 6) is 0. The van der Waals surface area contributed by atoms with Crippen LogP contribution in [0, 0.1) is 0 Å². The average Bonchev–Trinajstić information content (AvgIpc) is 1.91. The summed E-state index contributed by atoms with van der Waals surface area (Å²) in [6.45, 7) is 1.77. The highest BCUT2D eigenvalue weighted by Gasteiger charge is 2.30. The first kappa shape index (κ1) is 10.9. The van der Waals surface area contributed by atoms with Crippen molar-refractivity contribution in [3.63, 3.8) is 0 Å². The van der Waals surface area contributed by atoms with E-state index in [-0.39, 0.29) is 6.10 Å². The molecule has 0 amide bonds. The predicted octanol–water partition coefficient (Wildman–Crippen LogP) is 0.656. The van der Waals surface area contributed by atoms with Crippen LogP contribution in [0.1, 0.15) is 32.6 Å². The fourth-order valence-corrected chi connectivity index (χ4v) is 2.24. The minimum absolute atomic E-state index is 0.241. The number of rotatable bonds is 2. The van der Waals surface area contributed by atoms with Crippen LogP contribution in [0.4, 0.5) is 0 Å². The van der Waals surface area contributed by atoms with E-state index in [2.05, 4.69) is 0 Å². The van der Waals surface area contributed by atoms with Gasteiger partial charge in [0.05, 0.1) is 18.0 Å². The molecule has 4 nitrogen and oxygen atoms in total. The van der Waals surface area contributed by atoms with Crippen molar-refractivity contribution in [2.24, 2.45) is 0 Å². The summed E-state index contributed by atoms with van der Waals surface area (Å²) in [6.07, 6.45) is 3.25. The molecule has 78 valence electrons. The van der Waals surface area contributed by atoms with Crippen molar-refractivity contribution in [3.8, 4) is 0 Å². The zero-order chi connectivity index (χ0) is 10.1. The molecule has 5 heteroatoms. The zero-order valence-corrected chi connectivity index (χ0v) is 8.80. The molecule has 0 unspecified atom stereocenters. The van der Waals surface area contributed by atoms with Crippen LogP contribution < -0.4 is 0 Å². The van der Waals surface area contributed by atoms with Gasteiger partial charge < -0.3 is 5.11 Å². The minimum Gasteiger partial charge on any atom is -0.390 e. The third-order valence-corrected chi connectivity index (χ3v) is 2.94. The van der Waals surface area contributed by atoms with Crippen molar-refractivity contribution in [1.29, 1.82) is 0 Å². The molecule has 1 rings (SSSR count). The number of hydrogen-bond acceptors (Lipinski definition) is 4. The quantitative estimate of drug-likeness (QED) is 0.677. The van der Waals surface area contributed by atoms with Gasteiger partial charge in [0.1, 0.15) is 0 Å². The van der Waals surface area contributed by atoms with Gasteiger partial charge in [-0.2, -0.15) is 8.42 Å². The fraction of sp³-hybridized carbons (Fsp3) is 1.00. The molecule has 0 atom stereocenters. The maximum atomic E-state index is 10.8. The van der Waals surface area contributed by atoms with E-state index < -0.39 is 15.7 Å². The third-order valence-electron chi connectivity index (χ3n) is 2.32. The maximum Gasteiger partial charge on any atom is 0.264 e. The van der Waals surface area contributed by atoms with Gasteiger partial charge >= 0.3 is 0 Å². The van der Waals surface area contributed by atoms with E-state index in [1.807, 2.05) is 0 Å². The van der Waals surface area contributed by atoms with E-state index >= 15 is 0 Å². The molecule has 13 heavy (non-hydrogen) atoms. The van der Waals surface area contributed by atoms with Crippen LogP contribution in [0.3, 0.4) is 0 Å². The summed E-state index contributed by atoms with van der Waals surface area (Å²) in [5, 5.41) is 9.59. The lowest BCUT2D eigenvalue weighted by Crippen LogP contribution is -2.34. The SMILES string of the molecule is CC1(O)CCC(OS(C)(=O)=O)CC1. The van der Waals surface area contributed by atoms with Crippen molar-refractivity contribution in [3.05, 3.63) is 0 Å². The summed E-state index contributed by atoms with van der Waals surface area (Å²) in [6, 6.07) is 0. The summed E-state index contributed by atoms with van der Waals surface area (Å²) >= 11 is 0. The van der Waals surface area contributed by atoms with E-state index in [0.717, 1.165) is 6.26 Å². The molecule has 0 aliphatic heterocycles. The number of hydrogen-bond donors (Lipinski definition) is 1. The maximum absolute atomic E-state index is 10.8. The van der Waals surface area contributed by atoms with Crippen LogP contribution in [-0.2, 0) is 14.3 Å². The first-order valence-corrected chi connectivity index (χ1v) is 6.21. The van der Waals surface area contributed by atoms with Crippen molar-refractivity contribution < 1.29 is 17.7 Å². The topological polar surface area (TPSA) is 63.6 Å². The molecule has 0 saturated heterocycles. The Hall–Kier alpha value is -0.130. The summed E-state index contributed by atoms with van der Waals surface area (Å²) < 4.78 is 26.4. The standard InChI is InChI=1S/C8H16O4S/c1-8(9)5-3-7(4-6-8)12-13(2,10)11/h7,9H,3-6H2,1-2H3. The van der Waals surface area contributed by atoms with Crippen LogP contribution >= 0.6 is 0 Å². The van der Waals surface area contributed by atoms with Crippen LogP contribution in [0.5, 0.6) is 0 Å². The Morgan fingerprint density at radius 3 is 2.23 bits per heavy atom. The second kappa shape index (κ2) is 3.55. The Morgan fingerprint density at radius 1 is 1.38 bits per heavy atom. The minimum atomic E-state index is -3.34. The largest absolute Gasteiger partial charge is 0.390 e. The van der Waals surface area contributed by atoms with Crippen LogP contribution in [0.15, 0.2) is 0 Å². The van der Waals surface area contributed by atoms with Gasteiger partial charge in [-0.15, -0.1) is 0 Å². The van der Waals surface area contributed by atoms with Crippen LogP contribution in [0.25, 0.3) is 0 Å². The Kier molecular flexibility index (Phi) is 2.99. The van der Waals surface area contributed by atoms with Crippen LogP contribution in [-0.4, -0.2) is 31.5 Å². The van der Waals surface area contributed by atoms with Crippen LogP contribution in [0.2, 0.25) is 0 Å². The molecule has 0 bridgehead atoms. The number of aliphatic hydroxyl groups is 1. The molecule has 1 aliphatic rings. The molecule has 1 saturated carbocycles. The van der Waals surface area contributed by atoms with Crippen molar-refractivity contribution in [1.82, 2.24) is 0 Å². The Bertz CT molecular complexity index is 258. The lowest BCUT2D eigenvalue weighted by molar-refractivity contribution is -0.00930. The average molecular weight is 208 g/mol. The van der Waals surface area contributed by atoms with E-state index in [4.69, 9.17) is 4.18 Å². The summed E-state index contributed by atoms with van der Waals surface area (Å²) in [4.78, 5) is 0. The molecule has 0 aromatic carbocycles. The Balaban J connectivity index is 2.43. The Morgan fingerprint density at radius 2 is 1.85 bits per heavy atom. The molecule has 0 aromatic rings. The van der Waals surface area contributed by atoms with E-state index in [1.165, 1.54) is 0 Å². The first-order chi connectivity index (χ1) is 5.79. The third kappa shape index (κ3) is 4.06. The zero-order valence-electron chi connectivity index (χ0n) is 7.99. The molecule has 1 aliphatic carbocycles. The second-order valence-electron chi connectivity index (χ2n) is 4.00. The highest BCUT2D eigenvalue weighted by molar-refractivity contribution is 7.86. The molecular weight excluding hydrogens is 192 g/mol. The van der Waals surface area contributed by atoms with Gasteiger partial charge in [-0.1, -0.05) is 0 Å². The monoisotopic (exact) mass is 208 g/mol. The van der Waals surface area contributed by atoms with E-state index in [9.17, 15) is 13.5 Å². The van der Waals surface area contributed by atoms with Gasteiger partial charge in [-0.3, -0.25) is 4.18 Å². The van der Waals surface area contributed by atoms with Gasteiger partial charge in [0.2, 0.25) is 0 Å². The van der Waals surface area contributed by atoms with Crippen molar-refractivity contribution in [2.75, 3.05) is 6.26 Å². The van der Waals surface area contributed by atoms with Gasteiger partial charge in [-0.25, -0.2) is 0 Å². The fourth-order valence-electron chi connectivity index (χ4n) is 1.56. The molecule has 1 N–H and O–H groups in total. The second-order valence-corrected chi connectivity index (χ2v) is 5.60. The highest BCUT2D eigenvalue weighted by Crippen LogP contribution is 2.29. The lowest BCUT2D eigenvalue weighted by atomic mass is 9.85. The first-order valence-electron chi connectivity index (χ1n) is 4.39. The van der Waals surface area contributed by atoms with E-state index in [0.29, 0.717) is 25.7 Å². The van der Waals surface area contributed by atoms with Gasteiger partial charge in [0, 0.05) is 0 Å². The van der Waals surface area contributed by atoms with Crippen molar-refractivity contribution in [2.45, 2.75) is 44.3 Å². The normalized spacial score (nSPS) is 36.1. The van der Waals surface area contributed by atoms with Gasteiger partial charge in [0.25, 0.3) is 10.1 Å². The summed E-state index contributed by atoms with van der Waals surface area (Å²) in [7, 11) is -3.34. The van der Waals surface area contributed by atoms with Gasteiger partial charge in [-0.05, 0) is 32.6 Å². The van der Waals surface area contributed by atoms with Gasteiger partial charge in [0.15, 0.2) is 0 Å². The van der Waals surface area contributed by atoms with Crippen molar-refractivity contribution >= 4 is 10.1 Å². The molecular formula is C8H16O4S. The highest BCUT2D eigenvalue weighted by atomic mass is 32.2.